The van der Waals surface area contributed by atoms with Crippen LogP contribution in [0.3, 0.4) is 0 Å². The molecule has 0 fully saturated rings. The van der Waals surface area contributed by atoms with Crippen LogP contribution in [0.5, 0.6) is 5.75 Å². The van der Waals surface area contributed by atoms with Crippen molar-refractivity contribution in [3.63, 3.8) is 0 Å². The quantitative estimate of drug-likeness (QED) is 0.694. The molecule has 0 radical (unpaired) electrons. The van der Waals surface area contributed by atoms with Crippen molar-refractivity contribution < 1.29 is 13.9 Å². The molecule has 26 heavy (non-hydrogen) atoms. The zero-order valence-electron chi connectivity index (χ0n) is 14.6. The number of rotatable bonds is 6. The maximum absolute atomic E-state index is 13.4. The van der Waals surface area contributed by atoms with E-state index in [1.165, 1.54) is 19.2 Å². The summed E-state index contributed by atoms with van der Waals surface area (Å²) in [7, 11) is 1.51. The zero-order chi connectivity index (χ0) is 18.7. The van der Waals surface area contributed by atoms with Crippen molar-refractivity contribution in [2.24, 2.45) is 0 Å². The Morgan fingerprint density at radius 3 is 2.85 bits per heavy atom. The van der Waals surface area contributed by atoms with Crippen LogP contribution in [0.25, 0.3) is 11.0 Å². The topological polar surface area (TPSA) is 58.2 Å². The largest absolute Gasteiger partial charge is 0.496 e. The lowest BCUT2D eigenvalue weighted by molar-refractivity contribution is 0.0736. The molecule has 1 amide bonds. The summed E-state index contributed by atoms with van der Waals surface area (Å²) in [5.74, 6) is 0.524. The lowest BCUT2D eigenvalue weighted by atomic mass is 10.1. The molecular formula is C19H19ClFN3O2. The van der Waals surface area contributed by atoms with Crippen LogP contribution in [-0.4, -0.2) is 34.4 Å². The van der Waals surface area contributed by atoms with Crippen molar-refractivity contribution in [3.05, 3.63) is 58.6 Å². The number of nitrogens with one attached hydrogen (secondary N) is 1. The Bertz CT molecular complexity index is 942. The average molecular weight is 376 g/mol. The zero-order valence-corrected chi connectivity index (χ0v) is 15.3. The van der Waals surface area contributed by atoms with E-state index in [2.05, 4.69) is 9.97 Å². The number of H-pyrrole nitrogens is 1. The summed E-state index contributed by atoms with van der Waals surface area (Å²) in [5.41, 5.74) is 1.66. The maximum atomic E-state index is 13.4. The minimum atomic E-state index is -0.335. The molecule has 0 atom stereocenters. The van der Waals surface area contributed by atoms with Crippen molar-refractivity contribution in [2.75, 3.05) is 13.7 Å². The number of aromatic amines is 1. The minimum Gasteiger partial charge on any atom is -0.496 e. The van der Waals surface area contributed by atoms with Gasteiger partial charge < -0.3 is 14.6 Å². The van der Waals surface area contributed by atoms with Gasteiger partial charge in [0.05, 0.1) is 30.3 Å². The Kier molecular flexibility index (Phi) is 5.42. The summed E-state index contributed by atoms with van der Waals surface area (Å²) >= 11 is 6.05. The number of ether oxygens (including phenoxy) is 1. The van der Waals surface area contributed by atoms with Gasteiger partial charge in [-0.2, -0.15) is 0 Å². The molecule has 0 bridgehead atoms. The van der Waals surface area contributed by atoms with Gasteiger partial charge in [0.25, 0.3) is 5.91 Å². The first-order valence-corrected chi connectivity index (χ1v) is 8.66. The SMILES string of the molecule is CCCN(Cc1nc2ccc(F)cc2[nH]1)C(=O)c1cc(Cl)ccc1OC. The molecule has 0 saturated carbocycles. The van der Waals surface area contributed by atoms with Gasteiger partial charge in [-0.05, 0) is 42.8 Å². The summed E-state index contributed by atoms with van der Waals surface area (Å²) in [6.07, 6.45) is 0.781. The van der Waals surface area contributed by atoms with E-state index in [0.29, 0.717) is 39.7 Å². The molecule has 7 heteroatoms. The third-order valence-electron chi connectivity index (χ3n) is 4.01. The summed E-state index contributed by atoms with van der Waals surface area (Å²) in [6, 6.07) is 9.30. The van der Waals surface area contributed by atoms with Gasteiger partial charge in [-0.3, -0.25) is 4.79 Å². The number of halogens is 2. The second-order valence-electron chi connectivity index (χ2n) is 5.92. The molecule has 1 N–H and O–H groups in total. The second-order valence-corrected chi connectivity index (χ2v) is 6.35. The van der Waals surface area contributed by atoms with E-state index in [4.69, 9.17) is 16.3 Å². The van der Waals surface area contributed by atoms with E-state index in [1.54, 1.807) is 29.2 Å². The molecule has 0 spiro atoms. The van der Waals surface area contributed by atoms with Crippen LogP contribution >= 0.6 is 11.6 Å². The smallest absolute Gasteiger partial charge is 0.258 e. The molecule has 1 heterocycles. The molecule has 0 unspecified atom stereocenters. The number of hydrogen-bond acceptors (Lipinski definition) is 3. The van der Waals surface area contributed by atoms with Crippen LogP contribution in [0.2, 0.25) is 5.02 Å². The van der Waals surface area contributed by atoms with E-state index in [1.807, 2.05) is 6.92 Å². The Labute approximate surface area is 155 Å². The molecule has 0 saturated heterocycles. The molecule has 3 rings (SSSR count). The van der Waals surface area contributed by atoms with E-state index in [0.717, 1.165) is 6.42 Å². The number of fused-ring (bicyclic) bond motifs is 1. The summed E-state index contributed by atoms with van der Waals surface area (Å²) in [6.45, 7) is 2.81. The molecule has 2 aromatic carbocycles. The summed E-state index contributed by atoms with van der Waals surface area (Å²) < 4.78 is 18.7. The van der Waals surface area contributed by atoms with Crippen LogP contribution in [0.15, 0.2) is 36.4 Å². The van der Waals surface area contributed by atoms with Gasteiger partial charge >= 0.3 is 0 Å². The summed E-state index contributed by atoms with van der Waals surface area (Å²) in [4.78, 5) is 22.2. The fourth-order valence-corrected chi connectivity index (χ4v) is 3.00. The molecule has 0 aliphatic heterocycles. The molecular weight excluding hydrogens is 357 g/mol. The fourth-order valence-electron chi connectivity index (χ4n) is 2.83. The first kappa shape index (κ1) is 18.2. The number of hydrogen-bond donors (Lipinski definition) is 1. The highest BCUT2D eigenvalue weighted by atomic mass is 35.5. The van der Waals surface area contributed by atoms with Crippen molar-refractivity contribution in [3.8, 4) is 5.75 Å². The van der Waals surface area contributed by atoms with E-state index >= 15 is 0 Å². The highest BCUT2D eigenvalue weighted by molar-refractivity contribution is 6.31. The predicted octanol–water partition coefficient (Wildman–Crippen LogP) is 4.42. The van der Waals surface area contributed by atoms with Gasteiger partial charge in [0.2, 0.25) is 0 Å². The predicted molar refractivity (Wildman–Crippen MR) is 99.1 cm³/mol. The van der Waals surface area contributed by atoms with Gasteiger partial charge in [-0.1, -0.05) is 18.5 Å². The highest BCUT2D eigenvalue weighted by Crippen LogP contribution is 2.25. The van der Waals surface area contributed by atoms with Gasteiger partial charge in [-0.25, -0.2) is 9.37 Å². The van der Waals surface area contributed by atoms with Crippen molar-refractivity contribution in [2.45, 2.75) is 19.9 Å². The fraction of sp³-hybridized carbons (Fsp3) is 0.263. The number of carbonyl (C=O) groups excluding carboxylic acids is 1. The van der Waals surface area contributed by atoms with Crippen molar-refractivity contribution >= 4 is 28.5 Å². The Hall–Kier alpha value is -2.60. The Balaban J connectivity index is 1.90. The third kappa shape index (κ3) is 3.80. The molecule has 136 valence electrons. The number of methoxy groups -OCH3 is 1. The number of aromatic nitrogens is 2. The maximum Gasteiger partial charge on any atom is 0.258 e. The van der Waals surface area contributed by atoms with Crippen LogP contribution < -0.4 is 4.74 Å². The van der Waals surface area contributed by atoms with E-state index in [9.17, 15) is 9.18 Å². The molecule has 1 aromatic heterocycles. The van der Waals surface area contributed by atoms with Gasteiger partial charge in [0.1, 0.15) is 17.4 Å². The lowest BCUT2D eigenvalue weighted by Gasteiger charge is -2.22. The Morgan fingerprint density at radius 1 is 1.31 bits per heavy atom. The number of imidazole rings is 1. The molecule has 0 aliphatic carbocycles. The van der Waals surface area contributed by atoms with Crippen LogP contribution in [0.1, 0.15) is 29.5 Å². The highest BCUT2D eigenvalue weighted by Gasteiger charge is 2.21. The van der Waals surface area contributed by atoms with Gasteiger partial charge in [-0.15, -0.1) is 0 Å². The van der Waals surface area contributed by atoms with Crippen LogP contribution in [-0.2, 0) is 6.54 Å². The number of amides is 1. The van der Waals surface area contributed by atoms with Gasteiger partial charge in [0, 0.05) is 11.6 Å². The molecule has 5 nitrogen and oxygen atoms in total. The first-order chi connectivity index (χ1) is 12.5. The monoisotopic (exact) mass is 375 g/mol. The summed E-state index contributed by atoms with van der Waals surface area (Å²) in [5, 5.41) is 0.463. The normalized spacial score (nSPS) is 10.9. The molecule has 0 aliphatic rings. The van der Waals surface area contributed by atoms with Crippen molar-refractivity contribution in [1.82, 2.24) is 14.9 Å². The van der Waals surface area contributed by atoms with Crippen LogP contribution in [0.4, 0.5) is 4.39 Å². The first-order valence-electron chi connectivity index (χ1n) is 8.28. The number of carbonyl (C=O) groups is 1. The van der Waals surface area contributed by atoms with Crippen LogP contribution in [0, 0.1) is 5.82 Å². The minimum absolute atomic E-state index is 0.196. The van der Waals surface area contributed by atoms with Gasteiger partial charge in [0.15, 0.2) is 0 Å². The van der Waals surface area contributed by atoms with Crippen molar-refractivity contribution in [1.29, 1.82) is 0 Å². The standard InChI is InChI=1S/C19H19ClFN3O2/c1-3-8-24(19(25)14-9-12(20)4-7-17(14)26-2)11-18-22-15-6-5-13(21)10-16(15)23-18/h4-7,9-10H,3,8,11H2,1-2H3,(H,22,23). The van der Waals surface area contributed by atoms with E-state index < -0.39 is 0 Å². The molecule has 3 aromatic rings. The second kappa shape index (κ2) is 7.74. The third-order valence-corrected chi connectivity index (χ3v) is 4.24. The average Bonchev–Trinajstić information content (AvgIpc) is 3.02. The number of nitrogens with zero attached hydrogens (tertiary/aromatic N) is 2. The Morgan fingerprint density at radius 2 is 2.12 bits per heavy atom. The van der Waals surface area contributed by atoms with E-state index in [-0.39, 0.29) is 18.3 Å². The lowest BCUT2D eigenvalue weighted by Crippen LogP contribution is -2.32. The number of benzene rings is 2.